The van der Waals surface area contributed by atoms with E-state index in [-0.39, 0.29) is 31.0 Å². The van der Waals surface area contributed by atoms with Gasteiger partial charge in [-0.15, -0.1) is 16.6 Å². The first-order chi connectivity index (χ1) is 12.2. The predicted molar refractivity (Wildman–Crippen MR) is 89.0 cm³/mol. The molecule has 2 aliphatic heterocycles. The molecule has 9 heteroatoms. The quantitative estimate of drug-likeness (QED) is 0.578. The summed E-state index contributed by atoms with van der Waals surface area (Å²) in [7, 11) is 0. The van der Waals surface area contributed by atoms with Crippen LogP contribution in [0.15, 0.2) is 0 Å². The molecule has 0 N–H and O–H groups in total. The zero-order chi connectivity index (χ0) is 17.4. The lowest BCUT2D eigenvalue weighted by Gasteiger charge is -2.21. The van der Waals surface area contributed by atoms with Gasteiger partial charge in [0.05, 0.1) is 25.6 Å². The van der Waals surface area contributed by atoms with Crippen LogP contribution in [0.5, 0.6) is 0 Å². The van der Waals surface area contributed by atoms with Crippen molar-refractivity contribution in [3.8, 4) is 12.3 Å². The summed E-state index contributed by atoms with van der Waals surface area (Å²) in [6, 6.07) is -0.308. The van der Waals surface area contributed by atoms with Gasteiger partial charge in [-0.05, 0) is 19.3 Å². The number of esters is 1. The van der Waals surface area contributed by atoms with Gasteiger partial charge in [0.25, 0.3) is 0 Å². The van der Waals surface area contributed by atoms with E-state index < -0.39 is 6.23 Å². The van der Waals surface area contributed by atoms with Gasteiger partial charge in [0, 0.05) is 12.5 Å². The topological polar surface area (TPSA) is 84.9 Å². The van der Waals surface area contributed by atoms with E-state index in [0.717, 1.165) is 17.8 Å². The van der Waals surface area contributed by atoms with Crippen LogP contribution in [0.2, 0.25) is 0 Å². The molecule has 0 radical (unpaired) electrons. The largest absolute Gasteiger partial charge is 0.439 e. The summed E-state index contributed by atoms with van der Waals surface area (Å²) >= 11 is 1.38. The van der Waals surface area contributed by atoms with Gasteiger partial charge >= 0.3 is 12.0 Å². The van der Waals surface area contributed by atoms with Crippen molar-refractivity contribution in [1.29, 1.82) is 0 Å². The molecule has 3 heterocycles. The second-order valence-electron chi connectivity index (χ2n) is 6.39. The number of carbonyl (C=O) groups excluding carboxylic acids is 2. The highest BCUT2D eigenvalue weighted by atomic mass is 32.1. The number of amides is 2. The van der Waals surface area contributed by atoms with Crippen molar-refractivity contribution in [1.82, 2.24) is 15.1 Å². The molecule has 3 fully saturated rings. The predicted octanol–water partition coefficient (Wildman–Crippen LogP) is 1.20. The molecule has 1 saturated carbocycles. The summed E-state index contributed by atoms with van der Waals surface area (Å²) < 4.78 is 10.8. The van der Waals surface area contributed by atoms with Crippen LogP contribution in [-0.2, 0) is 14.3 Å². The molecule has 2 amide bonds. The highest BCUT2D eigenvalue weighted by molar-refractivity contribution is 7.15. The van der Waals surface area contributed by atoms with Crippen molar-refractivity contribution in [3.63, 3.8) is 0 Å². The highest BCUT2D eigenvalue weighted by Crippen LogP contribution is 2.43. The van der Waals surface area contributed by atoms with Crippen LogP contribution in [0.1, 0.15) is 30.2 Å². The fourth-order valence-corrected chi connectivity index (χ4v) is 3.98. The van der Waals surface area contributed by atoms with E-state index in [2.05, 4.69) is 16.1 Å². The maximum Gasteiger partial charge on any atom is 0.330 e. The van der Waals surface area contributed by atoms with E-state index in [4.69, 9.17) is 15.9 Å². The highest BCUT2D eigenvalue weighted by Gasteiger charge is 2.43. The summed E-state index contributed by atoms with van der Waals surface area (Å²) in [4.78, 5) is 27.9. The number of terminal acetylenes is 1. The maximum atomic E-state index is 12.7. The van der Waals surface area contributed by atoms with Gasteiger partial charge in [0.1, 0.15) is 5.01 Å². The first kappa shape index (κ1) is 16.3. The minimum absolute atomic E-state index is 0.157. The Balaban J connectivity index is 1.54. The molecule has 0 aromatic carbocycles. The van der Waals surface area contributed by atoms with E-state index in [1.165, 1.54) is 21.1 Å². The molecule has 1 aromatic heterocycles. The number of urea groups is 1. The fraction of sp³-hybridized carbons (Fsp3) is 0.625. The lowest BCUT2D eigenvalue weighted by Crippen LogP contribution is -2.39. The molecule has 2 atom stereocenters. The monoisotopic (exact) mass is 362 g/mol. The van der Waals surface area contributed by atoms with Crippen LogP contribution in [-0.4, -0.2) is 59.6 Å². The number of rotatable bonds is 5. The SMILES string of the molecule is C#CCN1CC(OC(=O)C2CCOC2)N(c2nnc(C3CC3)s2)C1=O. The zero-order valence-electron chi connectivity index (χ0n) is 13.6. The Bertz CT molecular complexity index is 720. The standard InChI is InChI=1S/C16H18N4O4S/c1-2-6-19-8-12(24-14(21)11-5-7-23-9-11)20(16(19)22)15-18-17-13(25-15)10-3-4-10/h1,10-12H,3-9H2. The molecule has 3 aliphatic rings. The minimum Gasteiger partial charge on any atom is -0.439 e. The van der Waals surface area contributed by atoms with Gasteiger partial charge in [-0.3, -0.25) is 4.79 Å². The minimum atomic E-state index is -0.742. The first-order valence-corrected chi connectivity index (χ1v) is 9.12. The number of ether oxygens (including phenoxy) is 2. The lowest BCUT2D eigenvalue weighted by molar-refractivity contribution is -0.153. The maximum absolute atomic E-state index is 12.7. The van der Waals surface area contributed by atoms with Crippen molar-refractivity contribution in [2.24, 2.45) is 5.92 Å². The zero-order valence-corrected chi connectivity index (χ0v) is 14.4. The molecule has 0 bridgehead atoms. The Morgan fingerprint density at radius 2 is 2.24 bits per heavy atom. The number of carbonyl (C=O) groups is 2. The van der Waals surface area contributed by atoms with Crippen LogP contribution >= 0.6 is 11.3 Å². The molecular formula is C16H18N4O4S. The summed E-state index contributed by atoms with van der Waals surface area (Å²) in [6.45, 7) is 1.29. The molecule has 8 nitrogen and oxygen atoms in total. The van der Waals surface area contributed by atoms with Gasteiger partial charge in [0.15, 0.2) is 0 Å². The second-order valence-corrected chi connectivity index (χ2v) is 7.37. The molecule has 4 rings (SSSR count). The van der Waals surface area contributed by atoms with Crippen molar-refractivity contribution in [3.05, 3.63) is 5.01 Å². The van der Waals surface area contributed by atoms with E-state index in [0.29, 0.717) is 30.7 Å². The Morgan fingerprint density at radius 1 is 1.40 bits per heavy atom. The third-order valence-corrected chi connectivity index (χ3v) is 5.59. The van der Waals surface area contributed by atoms with E-state index in [1.54, 1.807) is 0 Å². The van der Waals surface area contributed by atoms with Crippen LogP contribution < -0.4 is 4.90 Å². The van der Waals surface area contributed by atoms with Gasteiger partial charge in [-0.2, -0.15) is 0 Å². The summed E-state index contributed by atoms with van der Waals surface area (Å²) in [5.41, 5.74) is 0. The Labute approximate surface area is 149 Å². The van der Waals surface area contributed by atoms with E-state index >= 15 is 0 Å². The molecule has 2 unspecified atom stereocenters. The normalized spacial score (nSPS) is 26.1. The van der Waals surface area contributed by atoms with Gasteiger partial charge in [0.2, 0.25) is 11.4 Å². The third-order valence-electron chi connectivity index (χ3n) is 4.50. The molecule has 2 saturated heterocycles. The number of hydrogen-bond donors (Lipinski definition) is 0. The Morgan fingerprint density at radius 3 is 2.92 bits per heavy atom. The van der Waals surface area contributed by atoms with Crippen molar-refractivity contribution in [2.75, 3.05) is 31.2 Å². The third kappa shape index (κ3) is 3.19. The molecular weight excluding hydrogens is 344 g/mol. The molecule has 1 aromatic rings. The second kappa shape index (κ2) is 6.61. The van der Waals surface area contributed by atoms with Crippen LogP contribution in [0, 0.1) is 18.3 Å². The van der Waals surface area contributed by atoms with Crippen LogP contribution in [0.3, 0.4) is 0 Å². The Kier molecular flexibility index (Phi) is 4.31. The average molecular weight is 362 g/mol. The fourth-order valence-electron chi connectivity index (χ4n) is 2.93. The first-order valence-electron chi connectivity index (χ1n) is 8.30. The lowest BCUT2D eigenvalue weighted by atomic mass is 10.1. The van der Waals surface area contributed by atoms with Crippen LogP contribution in [0.25, 0.3) is 0 Å². The van der Waals surface area contributed by atoms with E-state index in [9.17, 15) is 9.59 Å². The van der Waals surface area contributed by atoms with Crippen molar-refractivity contribution >= 4 is 28.5 Å². The Hall–Kier alpha value is -2.18. The summed E-state index contributed by atoms with van der Waals surface area (Å²) in [6.07, 6.45) is 7.44. The smallest absolute Gasteiger partial charge is 0.330 e. The number of anilines is 1. The van der Waals surface area contributed by atoms with Gasteiger partial charge in [-0.1, -0.05) is 17.3 Å². The van der Waals surface area contributed by atoms with Gasteiger partial charge in [-0.25, -0.2) is 9.69 Å². The van der Waals surface area contributed by atoms with Crippen LogP contribution in [0.4, 0.5) is 9.93 Å². The summed E-state index contributed by atoms with van der Waals surface area (Å²) in [5.74, 6) is 2.27. The van der Waals surface area contributed by atoms with Crippen molar-refractivity contribution < 1.29 is 19.1 Å². The summed E-state index contributed by atoms with van der Waals surface area (Å²) in [5, 5.41) is 9.69. The molecule has 25 heavy (non-hydrogen) atoms. The van der Waals surface area contributed by atoms with Gasteiger partial charge < -0.3 is 14.4 Å². The number of hydrogen-bond acceptors (Lipinski definition) is 7. The number of aromatic nitrogens is 2. The average Bonchev–Trinajstić information content (AvgIpc) is 3.01. The molecule has 132 valence electrons. The molecule has 0 spiro atoms. The molecule has 1 aliphatic carbocycles. The van der Waals surface area contributed by atoms with E-state index in [1.807, 2.05) is 0 Å². The van der Waals surface area contributed by atoms with Crippen molar-refractivity contribution in [2.45, 2.75) is 31.4 Å². The number of nitrogens with zero attached hydrogens (tertiary/aromatic N) is 4.